The van der Waals surface area contributed by atoms with E-state index in [1.165, 1.54) is 9.96 Å². The summed E-state index contributed by atoms with van der Waals surface area (Å²) in [6.45, 7) is 1.51. The highest BCUT2D eigenvalue weighted by molar-refractivity contribution is 7.75. The van der Waals surface area contributed by atoms with Gasteiger partial charge in [-0.15, -0.1) is 5.10 Å². The molecule has 0 aliphatic carbocycles. The van der Waals surface area contributed by atoms with Gasteiger partial charge in [-0.2, -0.15) is 5.06 Å². The van der Waals surface area contributed by atoms with Gasteiger partial charge in [-0.3, -0.25) is 9.63 Å². The molecule has 4 rings (SSSR count). The molecule has 4 heterocycles. The standard InChI is InChI=1S/C13H20N8O4S/c22-12(11-2-1-9-5-19(11)13(23)21(9)25-26)16-24-6-8-3-10(4-14-8)20-7-15-17-18-20/h7-11,14,26H,1-6H2,(H,16,22)/t8-,9?,10-,11?/m1/s1. The predicted octanol–water partition coefficient (Wildman–Crippen LogP) is -1.33. The third-order valence-electron chi connectivity index (χ3n) is 5.11. The zero-order valence-electron chi connectivity index (χ0n) is 13.9. The van der Waals surface area contributed by atoms with Crippen molar-refractivity contribution < 1.29 is 18.7 Å². The Bertz CT molecular complexity index is 661. The van der Waals surface area contributed by atoms with Gasteiger partial charge in [0.1, 0.15) is 12.4 Å². The molecule has 0 aromatic carbocycles. The highest BCUT2D eigenvalue weighted by Gasteiger charge is 2.48. The van der Waals surface area contributed by atoms with Gasteiger partial charge in [-0.05, 0) is 29.7 Å². The normalized spacial score (nSPS) is 30.9. The van der Waals surface area contributed by atoms with E-state index in [1.807, 2.05) is 0 Å². The Morgan fingerprint density at radius 2 is 2.31 bits per heavy atom. The van der Waals surface area contributed by atoms with Crippen LogP contribution in [-0.4, -0.2) is 79.9 Å². The van der Waals surface area contributed by atoms with Gasteiger partial charge in [0.05, 0.1) is 18.7 Å². The summed E-state index contributed by atoms with van der Waals surface area (Å²) in [7, 11) is 0. The van der Waals surface area contributed by atoms with Crippen LogP contribution in [0.3, 0.4) is 0 Å². The smallest absolute Gasteiger partial charge is 0.309 e. The summed E-state index contributed by atoms with van der Waals surface area (Å²) in [6, 6.07) is -0.709. The lowest BCUT2D eigenvalue weighted by molar-refractivity contribution is -0.139. The van der Waals surface area contributed by atoms with E-state index in [1.54, 1.807) is 11.0 Å². The van der Waals surface area contributed by atoms with Crippen LogP contribution < -0.4 is 10.8 Å². The summed E-state index contributed by atoms with van der Waals surface area (Å²) >= 11 is 3.71. The maximum Gasteiger partial charge on any atom is 0.345 e. The summed E-state index contributed by atoms with van der Waals surface area (Å²) in [6.07, 6.45) is 3.62. The van der Waals surface area contributed by atoms with Crippen molar-refractivity contribution in [2.24, 2.45) is 0 Å². The molecule has 1 aromatic heterocycles. The first-order valence-corrected chi connectivity index (χ1v) is 8.82. The number of nitrogens with one attached hydrogen (secondary N) is 2. The zero-order valence-corrected chi connectivity index (χ0v) is 14.8. The van der Waals surface area contributed by atoms with Gasteiger partial charge >= 0.3 is 6.03 Å². The fraction of sp³-hybridized carbons (Fsp3) is 0.769. The number of aromatic nitrogens is 4. The summed E-state index contributed by atoms with van der Waals surface area (Å²) in [5.74, 6) is -0.326. The van der Waals surface area contributed by atoms with Crippen molar-refractivity contribution in [2.45, 2.75) is 43.4 Å². The molecule has 1 aromatic rings. The van der Waals surface area contributed by atoms with Crippen molar-refractivity contribution in [3.05, 3.63) is 6.33 Å². The topological polar surface area (TPSA) is 127 Å². The van der Waals surface area contributed by atoms with Crippen molar-refractivity contribution in [2.75, 3.05) is 19.7 Å². The van der Waals surface area contributed by atoms with E-state index in [2.05, 4.69) is 39.2 Å². The van der Waals surface area contributed by atoms with Gasteiger partial charge in [-0.1, -0.05) is 0 Å². The second kappa shape index (κ2) is 7.34. The fourth-order valence-electron chi connectivity index (χ4n) is 3.75. The van der Waals surface area contributed by atoms with Crippen LogP contribution in [0.2, 0.25) is 0 Å². The molecule has 2 N–H and O–H groups in total. The Morgan fingerprint density at radius 1 is 1.42 bits per heavy atom. The molecule has 2 unspecified atom stereocenters. The van der Waals surface area contributed by atoms with E-state index < -0.39 is 6.04 Å². The lowest BCUT2D eigenvalue weighted by atomic mass is 10.0. The van der Waals surface area contributed by atoms with Crippen LogP contribution in [0.5, 0.6) is 0 Å². The van der Waals surface area contributed by atoms with Crippen molar-refractivity contribution in [1.29, 1.82) is 0 Å². The van der Waals surface area contributed by atoms with Crippen LogP contribution in [0.4, 0.5) is 4.79 Å². The third kappa shape index (κ3) is 3.22. The molecule has 4 atom stereocenters. The van der Waals surface area contributed by atoms with E-state index in [-0.39, 0.29) is 30.1 Å². The molecular formula is C13H20N8O4S. The lowest BCUT2D eigenvalue weighted by Gasteiger charge is -2.29. The number of hydrogen-bond acceptors (Lipinski definition) is 9. The van der Waals surface area contributed by atoms with Crippen molar-refractivity contribution >= 4 is 24.8 Å². The summed E-state index contributed by atoms with van der Waals surface area (Å²) in [5, 5.41) is 15.7. The predicted molar refractivity (Wildman–Crippen MR) is 88.2 cm³/mol. The molecule has 12 nitrogen and oxygen atoms in total. The molecule has 142 valence electrons. The van der Waals surface area contributed by atoms with Crippen molar-refractivity contribution in [3.63, 3.8) is 0 Å². The number of carbonyl (C=O) groups excluding carboxylic acids is 2. The van der Waals surface area contributed by atoms with Gasteiger partial charge in [0.2, 0.25) is 0 Å². The van der Waals surface area contributed by atoms with Gasteiger partial charge in [-0.25, -0.2) is 19.2 Å². The minimum absolute atomic E-state index is 0.0594. The molecule has 3 aliphatic heterocycles. The quantitative estimate of drug-likeness (QED) is 0.313. The maximum atomic E-state index is 12.4. The number of rotatable bonds is 6. The summed E-state index contributed by atoms with van der Waals surface area (Å²) in [4.78, 5) is 31.4. The number of tetrazole rings is 1. The lowest BCUT2D eigenvalue weighted by Crippen LogP contribution is -2.50. The number of carbonyl (C=O) groups is 2. The second-order valence-corrected chi connectivity index (χ2v) is 6.81. The Labute approximate surface area is 154 Å². The van der Waals surface area contributed by atoms with E-state index in [4.69, 9.17) is 9.12 Å². The monoisotopic (exact) mass is 384 g/mol. The molecular weight excluding hydrogens is 364 g/mol. The molecule has 0 saturated carbocycles. The molecule has 2 bridgehead atoms. The Hall–Kier alpha value is -1.96. The number of urea groups is 1. The molecule has 26 heavy (non-hydrogen) atoms. The first-order valence-electron chi connectivity index (χ1n) is 8.46. The highest BCUT2D eigenvalue weighted by atomic mass is 32.1. The van der Waals surface area contributed by atoms with Gasteiger partial charge in [0.25, 0.3) is 5.91 Å². The van der Waals surface area contributed by atoms with Crippen molar-refractivity contribution in [1.82, 2.24) is 41.0 Å². The molecule has 13 heteroatoms. The zero-order chi connectivity index (χ0) is 18.1. The number of nitrogens with zero attached hydrogens (tertiary/aromatic N) is 6. The maximum absolute atomic E-state index is 12.4. The number of fused-ring (bicyclic) bond motifs is 2. The van der Waals surface area contributed by atoms with Crippen LogP contribution in [0.15, 0.2) is 6.33 Å². The van der Waals surface area contributed by atoms with Gasteiger partial charge in [0.15, 0.2) is 0 Å². The average Bonchev–Trinajstić information content (AvgIpc) is 3.37. The molecule has 3 aliphatic rings. The molecule has 3 amide bonds. The minimum Gasteiger partial charge on any atom is -0.309 e. The number of thiol groups is 1. The SMILES string of the molecule is O=C(NOC[C@H]1C[C@@H](n2cnnn2)CN1)C1CCC2CN1C(=O)N2OS. The third-order valence-corrected chi connectivity index (χ3v) is 5.28. The largest absolute Gasteiger partial charge is 0.345 e. The van der Waals surface area contributed by atoms with E-state index in [0.29, 0.717) is 26.0 Å². The summed E-state index contributed by atoms with van der Waals surface area (Å²) < 4.78 is 6.51. The molecule has 3 saturated heterocycles. The van der Waals surface area contributed by atoms with Crippen LogP contribution in [0.25, 0.3) is 0 Å². The van der Waals surface area contributed by atoms with Gasteiger partial charge < -0.3 is 10.2 Å². The number of amides is 3. The Kier molecular flexibility index (Phi) is 4.93. The Balaban J connectivity index is 1.23. The second-order valence-electron chi connectivity index (χ2n) is 6.65. The number of piperidine rings is 1. The summed E-state index contributed by atoms with van der Waals surface area (Å²) in [5.41, 5.74) is 2.47. The number of hydroxylamine groups is 3. The van der Waals surface area contributed by atoms with Crippen LogP contribution in [0.1, 0.15) is 25.3 Å². The van der Waals surface area contributed by atoms with Crippen LogP contribution in [-0.2, 0) is 13.9 Å². The fourth-order valence-corrected chi connectivity index (χ4v) is 3.96. The highest BCUT2D eigenvalue weighted by Crippen LogP contribution is 2.30. The van der Waals surface area contributed by atoms with Crippen molar-refractivity contribution in [3.8, 4) is 0 Å². The Morgan fingerprint density at radius 3 is 3.08 bits per heavy atom. The minimum atomic E-state index is -0.558. The molecule has 0 radical (unpaired) electrons. The van der Waals surface area contributed by atoms with E-state index >= 15 is 0 Å². The average molecular weight is 384 g/mol. The van der Waals surface area contributed by atoms with E-state index in [0.717, 1.165) is 13.0 Å². The van der Waals surface area contributed by atoms with Gasteiger partial charge in [0, 0.05) is 32.0 Å². The van der Waals surface area contributed by atoms with Crippen LogP contribution in [0, 0.1) is 0 Å². The molecule has 0 spiro atoms. The number of hydrogen-bond donors (Lipinski definition) is 3. The van der Waals surface area contributed by atoms with E-state index in [9.17, 15) is 9.59 Å². The molecule has 3 fully saturated rings. The van der Waals surface area contributed by atoms with Crippen LogP contribution >= 0.6 is 12.9 Å². The first-order chi connectivity index (χ1) is 12.7. The first kappa shape index (κ1) is 17.5.